The molecule has 0 spiro atoms. The standard InChI is InChI=1S/C11H10BrFO2/c1-11(2)5-9(14)7-3-6(12)4-8(13)10(7)15-11/h3-4H,5H2,1-2H3. The van der Waals surface area contributed by atoms with Gasteiger partial charge in [0.05, 0.1) is 12.0 Å². The largest absolute Gasteiger partial charge is 0.484 e. The zero-order valence-corrected chi connectivity index (χ0v) is 10.0. The van der Waals surface area contributed by atoms with Gasteiger partial charge in [-0.25, -0.2) is 4.39 Å². The Balaban J connectivity index is 2.60. The van der Waals surface area contributed by atoms with E-state index in [1.807, 2.05) is 0 Å². The SMILES string of the molecule is CC1(C)CC(=O)c2cc(Br)cc(F)c2O1. The molecular weight excluding hydrogens is 263 g/mol. The molecule has 0 fully saturated rings. The Kier molecular flexibility index (Phi) is 2.34. The number of fused-ring (bicyclic) bond motifs is 1. The van der Waals surface area contributed by atoms with Crippen molar-refractivity contribution < 1.29 is 13.9 Å². The third-order valence-electron chi connectivity index (χ3n) is 2.27. The fourth-order valence-electron chi connectivity index (χ4n) is 1.67. The molecule has 0 radical (unpaired) electrons. The molecule has 0 atom stereocenters. The number of ether oxygens (including phenoxy) is 1. The molecule has 1 aliphatic rings. The van der Waals surface area contributed by atoms with Gasteiger partial charge in [-0.15, -0.1) is 0 Å². The molecule has 0 aliphatic carbocycles. The first kappa shape index (κ1) is 10.6. The number of benzene rings is 1. The van der Waals surface area contributed by atoms with E-state index in [2.05, 4.69) is 15.9 Å². The minimum atomic E-state index is -0.626. The van der Waals surface area contributed by atoms with E-state index in [1.165, 1.54) is 6.07 Å². The Morgan fingerprint density at radius 1 is 1.47 bits per heavy atom. The molecule has 1 aliphatic heterocycles. The van der Waals surface area contributed by atoms with E-state index in [0.29, 0.717) is 10.0 Å². The number of carbonyl (C=O) groups excluding carboxylic acids is 1. The van der Waals surface area contributed by atoms with Crippen LogP contribution in [0.1, 0.15) is 30.6 Å². The van der Waals surface area contributed by atoms with Crippen LogP contribution in [-0.4, -0.2) is 11.4 Å². The summed E-state index contributed by atoms with van der Waals surface area (Å²) in [5.41, 5.74) is -0.306. The van der Waals surface area contributed by atoms with Gasteiger partial charge in [0, 0.05) is 4.47 Å². The normalized spacial score (nSPS) is 18.3. The smallest absolute Gasteiger partial charge is 0.170 e. The Morgan fingerprint density at radius 3 is 2.80 bits per heavy atom. The minimum Gasteiger partial charge on any atom is -0.484 e. The summed E-state index contributed by atoms with van der Waals surface area (Å²) in [4.78, 5) is 11.7. The van der Waals surface area contributed by atoms with Crippen molar-refractivity contribution in [2.45, 2.75) is 25.9 Å². The van der Waals surface area contributed by atoms with Gasteiger partial charge < -0.3 is 4.74 Å². The number of hydrogen-bond donors (Lipinski definition) is 0. The molecule has 0 aromatic heterocycles. The maximum Gasteiger partial charge on any atom is 0.170 e. The van der Waals surface area contributed by atoms with Crippen LogP contribution in [0.15, 0.2) is 16.6 Å². The highest BCUT2D eigenvalue weighted by Crippen LogP contribution is 2.36. The summed E-state index contributed by atoms with van der Waals surface area (Å²) < 4.78 is 19.6. The number of ketones is 1. The van der Waals surface area contributed by atoms with Crippen LogP contribution in [-0.2, 0) is 0 Å². The number of carbonyl (C=O) groups is 1. The van der Waals surface area contributed by atoms with Gasteiger partial charge in [-0.3, -0.25) is 4.79 Å². The monoisotopic (exact) mass is 272 g/mol. The van der Waals surface area contributed by atoms with Crippen LogP contribution in [0, 0.1) is 5.82 Å². The lowest BCUT2D eigenvalue weighted by atomic mass is 9.93. The molecule has 0 N–H and O–H groups in total. The van der Waals surface area contributed by atoms with Crippen LogP contribution in [0.5, 0.6) is 5.75 Å². The van der Waals surface area contributed by atoms with Crippen LogP contribution in [0.2, 0.25) is 0 Å². The van der Waals surface area contributed by atoms with Gasteiger partial charge in [0.1, 0.15) is 5.60 Å². The van der Waals surface area contributed by atoms with Crippen LogP contribution >= 0.6 is 15.9 Å². The van der Waals surface area contributed by atoms with E-state index in [1.54, 1.807) is 19.9 Å². The average molecular weight is 273 g/mol. The first-order valence-electron chi connectivity index (χ1n) is 4.60. The lowest BCUT2D eigenvalue weighted by Crippen LogP contribution is -2.36. The van der Waals surface area contributed by atoms with Gasteiger partial charge in [-0.05, 0) is 26.0 Å². The summed E-state index contributed by atoms with van der Waals surface area (Å²) in [7, 11) is 0. The van der Waals surface area contributed by atoms with Gasteiger partial charge in [0.2, 0.25) is 0 Å². The lowest BCUT2D eigenvalue weighted by molar-refractivity contribution is 0.0593. The van der Waals surface area contributed by atoms with Crippen LogP contribution < -0.4 is 4.74 Å². The molecule has 0 saturated carbocycles. The molecule has 0 amide bonds. The van der Waals surface area contributed by atoms with Crippen LogP contribution in [0.25, 0.3) is 0 Å². The number of rotatable bonds is 0. The molecule has 80 valence electrons. The maximum atomic E-state index is 13.5. The van der Waals surface area contributed by atoms with Gasteiger partial charge in [0.15, 0.2) is 17.3 Å². The molecule has 2 nitrogen and oxygen atoms in total. The molecule has 2 rings (SSSR count). The maximum absolute atomic E-state index is 13.5. The molecule has 1 aromatic carbocycles. The van der Waals surface area contributed by atoms with Crippen molar-refractivity contribution in [3.8, 4) is 5.75 Å². The van der Waals surface area contributed by atoms with E-state index in [9.17, 15) is 9.18 Å². The quantitative estimate of drug-likeness (QED) is 0.724. The summed E-state index contributed by atoms with van der Waals surface area (Å²) in [6, 6.07) is 2.89. The fourth-order valence-corrected chi connectivity index (χ4v) is 2.10. The Labute approximate surface area is 95.6 Å². The molecule has 4 heteroatoms. The molecule has 15 heavy (non-hydrogen) atoms. The van der Waals surface area contributed by atoms with E-state index in [-0.39, 0.29) is 18.0 Å². The summed E-state index contributed by atoms with van der Waals surface area (Å²) in [6.45, 7) is 3.55. The number of halogens is 2. The lowest BCUT2D eigenvalue weighted by Gasteiger charge is -2.31. The first-order chi connectivity index (χ1) is 6.89. The van der Waals surface area contributed by atoms with Crippen molar-refractivity contribution in [3.63, 3.8) is 0 Å². The van der Waals surface area contributed by atoms with Crippen molar-refractivity contribution >= 4 is 21.7 Å². The van der Waals surface area contributed by atoms with E-state index >= 15 is 0 Å². The Morgan fingerprint density at radius 2 is 2.13 bits per heavy atom. The van der Waals surface area contributed by atoms with Gasteiger partial charge in [-0.1, -0.05) is 15.9 Å². The van der Waals surface area contributed by atoms with E-state index in [4.69, 9.17) is 4.74 Å². The second kappa shape index (κ2) is 3.30. The van der Waals surface area contributed by atoms with Crippen molar-refractivity contribution in [1.29, 1.82) is 0 Å². The summed E-state index contributed by atoms with van der Waals surface area (Å²) in [5.74, 6) is -0.513. The third-order valence-corrected chi connectivity index (χ3v) is 2.73. The van der Waals surface area contributed by atoms with Gasteiger partial charge >= 0.3 is 0 Å². The molecular formula is C11H10BrFO2. The first-order valence-corrected chi connectivity index (χ1v) is 5.40. The zero-order valence-electron chi connectivity index (χ0n) is 8.43. The van der Waals surface area contributed by atoms with Crippen molar-refractivity contribution in [2.75, 3.05) is 0 Å². The Bertz CT molecular complexity index is 440. The number of Topliss-reactive ketones (excluding diaryl/α,β-unsaturated/α-hetero) is 1. The highest BCUT2D eigenvalue weighted by Gasteiger charge is 2.34. The molecule has 0 unspecified atom stereocenters. The molecule has 1 heterocycles. The Hall–Kier alpha value is -0.900. The minimum absolute atomic E-state index is 0.0689. The molecule has 0 saturated heterocycles. The second-order valence-electron chi connectivity index (χ2n) is 4.23. The predicted molar refractivity (Wildman–Crippen MR) is 57.8 cm³/mol. The topological polar surface area (TPSA) is 26.3 Å². The zero-order chi connectivity index (χ0) is 11.2. The summed E-state index contributed by atoms with van der Waals surface area (Å²) in [5, 5.41) is 0. The van der Waals surface area contributed by atoms with Crippen molar-refractivity contribution in [1.82, 2.24) is 0 Å². The highest BCUT2D eigenvalue weighted by molar-refractivity contribution is 9.10. The molecule has 1 aromatic rings. The second-order valence-corrected chi connectivity index (χ2v) is 5.14. The fraction of sp³-hybridized carbons (Fsp3) is 0.364. The number of hydrogen-bond acceptors (Lipinski definition) is 2. The van der Waals surface area contributed by atoms with Crippen molar-refractivity contribution in [3.05, 3.63) is 28.0 Å². The highest BCUT2D eigenvalue weighted by atomic mass is 79.9. The molecule has 0 bridgehead atoms. The van der Waals surface area contributed by atoms with Crippen LogP contribution in [0.4, 0.5) is 4.39 Å². The van der Waals surface area contributed by atoms with Crippen LogP contribution in [0.3, 0.4) is 0 Å². The van der Waals surface area contributed by atoms with Gasteiger partial charge in [-0.2, -0.15) is 0 Å². The summed E-state index contributed by atoms with van der Waals surface area (Å²) in [6.07, 6.45) is 0.274. The summed E-state index contributed by atoms with van der Waals surface area (Å²) >= 11 is 3.15. The van der Waals surface area contributed by atoms with E-state index < -0.39 is 11.4 Å². The average Bonchev–Trinajstić information content (AvgIpc) is 2.06. The third kappa shape index (κ3) is 1.91. The van der Waals surface area contributed by atoms with Gasteiger partial charge in [0.25, 0.3) is 0 Å². The van der Waals surface area contributed by atoms with E-state index in [0.717, 1.165) is 0 Å². The van der Waals surface area contributed by atoms with Crippen molar-refractivity contribution in [2.24, 2.45) is 0 Å². The predicted octanol–water partition coefficient (Wildman–Crippen LogP) is 3.33.